The second kappa shape index (κ2) is 18.9. The Kier molecular flexibility index (Phi) is 11.5. The molecule has 0 N–H and O–H groups in total. The van der Waals surface area contributed by atoms with Crippen molar-refractivity contribution in [2.45, 2.75) is 20.8 Å². The van der Waals surface area contributed by atoms with Crippen LogP contribution in [0.5, 0.6) is 0 Å². The van der Waals surface area contributed by atoms with Crippen LogP contribution in [0, 0.1) is 20.8 Å². The van der Waals surface area contributed by atoms with Crippen molar-refractivity contribution in [3.8, 4) is 50.7 Å². The number of hydrogen-bond acceptors (Lipinski definition) is 4. The van der Waals surface area contributed by atoms with Gasteiger partial charge in [-0.25, -0.2) is 9.97 Å². The van der Waals surface area contributed by atoms with Gasteiger partial charge in [0.2, 0.25) is 0 Å². The minimum atomic E-state index is 0.731. The lowest BCUT2D eigenvalue weighted by molar-refractivity contribution is 1.17. The fourth-order valence-corrected chi connectivity index (χ4v) is 10.2. The molecule has 12 aromatic rings. The van der Waals surface area contributed by atoms with E-state index in [0.29, 0.717) is 0 Å². The van der Waals surface area contributed by atoms with Gasteiger partial charge in [0.05, 0.1) is 22.4 Å². The molecule has 0 bridgehead atoms. The van der Waals surface area contributed by atoms with Crippen LogP contribution in [-0.2, 0) is 0 Å². The molecule has 0 aliphatic carbocycles. The first-order valence-electron chi connectivity index (χ1n) is 24.6. The van der Waals surface area contributed by atoms with E-state index in [1.807, 2.05) is 0 Å². The maximum atomic E-state index is 5.22. The smallest absolute Gasteiger partial charge is 0.160 e. The number of rotatable bonds is 11. The van der Waals surface area contributed by atoms with E-state index in [1.165, 1.54) is 16.3 Å². The van der Waals surface area contributed by atoms with Crippen molar-refractivity contribution in [1.29, 1.82) is 0 Å². The Morgan fingerprint density at radius 1 is 0.306 bits per heavy atom. The van der Waals surface area contributed by atoms with Crippen molar-refractivity contribution in [2.24, 2.45) is 0 Å². The molecule has 0 saturated heterocycles. The van der Waals surface area contributed by atoms with E-state index in [1.54, 1.807) is 0 Å². The lowest BCUT2D eigenvalue weighted by Gasteiger charge is -2.26. The minimum absolute atomic E-state index is 0.731. The van der Waals surface area contributed by atoms with Crippen LogP contribution in [0.4, 0.5) is 34.1 Å². The molecule has 5 heteroatoms. The quantitative estimate of drug-likeness (QED) is 0.130. The fraction of sp³-hybridized carbons (Fsp3) is 0.0448. The van der Waals surface area contributed by atoms with Crippen molar-refractivity contribution >= 4 is 55.9 Å². The van der Waals surface area contributed by atoms with E-state index in [4.69, 9.17) is 9.97 Å². The second-order valence-corrected chi connectivity index (χ2v) is 18.4. The van der Waals surface area contributed by atoms with Gasteiger partial charge in [-0.1, -0.05) is 152 Å². The van der Waals surface area contributed by atoms with Crippen molar-refractivity contribution < 1.29 is 0 Å². The third-order valence-corrected chi connectivity index (χ3v) is 13.8. The summed E-state index contributed by atoms with van der Waals surface area (Å²) in [6.45, 7) is 6.45. The third-order valence-electron chi connectivity index (χ3n) is 13.8. The summed E-state index contributed by atoms with van der Waals surface area (Å²) in [5.41, 5.74) is 20.7. The highest BCUT2D eigenvalue weighted by molar-refractivity contribution is 6.12. The van der Waals surface area contributed by atoms with Crippen molar-refractivity contribution in [1.82, 2.24) is 14.5 Å². The van der Waals surface area contributed by atoms with Gasteiger partial charge in [-0.05, 0) is 152 Å². The first-order valence-corrected chi connectivity index (χ1v) is 24.6. The summed E-state index contributed by atoms with van der Waals surface area (Å²) in [5, 5.41) is 2.33. The normalized spacial score (nSPS) is 11.3. The Morgan fingerprint density at radius 3 is 1.15 bits per heavy atom. The van der Waals surface area contributed by atoms with Gasteiger partial charge in [0.1, 0.15) is 0 Å². The van der Waals surface area contributed by atoms with Crippen LogP contribution in [0.15, 0.2) is 255 Å². The fourth-order valence-electron chi connectivity index (χ4n) is 10.2. The maximum absolute atomic E-state index is 5.22. The SMILES string of the molecule is Cc1ccccc1-c1cc(-c2ccc(-c3ccc(-n4c5ccc(N(c6ccccc6)c6ccccc6)cc5c5cc(N(c6ccccc6)c6ccccc6)ccc54)cc3)cc2C)nc(-c2ccccc2C)n1. The zero-order chi connectivity index (χ0) is 48.5. The molecule has 344 valence electrons. The van der Waals surface area contributed by atoms with Gasteiger partial charge >= 0.3 is 0 Å². The number of para-hydroxylation sites is 4. The molecular formula is C67H51N5. The van der Waals surface area contributed by atoms with E-state index in [0.717, 1.165) is 107 Å². The molecule has 0 atom stereocenters. The zero-order valence-electron chi connectivity index (χ0n) is 40.5. The average Bonchev–Trinajstić information content (AvgIpc) is 3.75. The number of nitrogens with zero attached hydrogens (tertiary/aromatic N) is 5. The molecule has 2 aromatic heterocycles. The molecule has 0 amide bonds. The summed E-state index contributed by atoms with van der Waals surface area (Å²) in [6.07, 6.45) is 0. The number of benzene rings is 10. The number of anilines is 6. The summed E-state index contributed by atoms with van der Waals surface area (Å²) < 4.78 is 2.41. The lowest BCUT2D eigenvalue weighted by Crippen LogP contribution is -2.09. The number of aromatic nitrogens is 3. The summed E-state index contributed by atoms with van der Waals surface area (Å²) in [7, 11) is 0. The lowest BCUT2D eigenvalue weighted by atomic mass is 9.96. The van der Waals surface area contributed by atoms with Crippen LogP contribution >= 0.6 is 0 Å². The monoisotopic (exact) mass is 925 g/mol. The molecule has 0 radical (unpaired) electrons. The first-order chi connectivity index (χ1) is 35.4. The Morgan fingerprint density at radius 2 is 0.708 bits per heavy atom. The van der Waals surface area contributed by atoms with Crippen LogP contribution in [0.2, 0.25) is 0 Å². The molecule has 0 fully saturated rings. The number of fused-ring (bicyclic) bond motifs is 3. The Balaban J connectivity index is 0.965. The van der Waals surface area contributed by atoms with Crippen molar-refractivity contribution in [3.63, 3.8) is 0 Å². The molecule has 0 unspecified atom stereocenters. The molecule has 12 rings (SSSR count). The highest BCUT2D eigenvalue weighted by atomic mass is 15.1. The minimum Gasteiger partial charge on any atom is -0.310 e. The molecule has 0 spiro atoms. The standard InChI is InChI=1S/C67H51N5/c1-46-20-16-18-30-58(46)63-45-64(69-67(68-63)60-31-19-17-21-47(60)2)59-39-34-50(42-48(59)3)49-32-35-55(36-33-49)72-65-40-37-56(70(51-22-8-4-9-23-51)52-24-10-5-11-25-52)43-61(65)62-44-57(38-41-66(62)72)71(53-26-12-6-13-27-53)54-28-14-7-15-29-54/h4-45H,1-3H3. The molecule has 0 aliphatic heterocycles. The largest absolute Gasteiger partial charge is 0.310 e. The topological polar surface area (TPSA) is 37.2 Å². The van der Waals surface area contributed by atoms with E-state index < -0.39 is 0 Å². The summed E-state index contributed by atoms with van der Waals surface area (Å²) in [4.78, 5) is 15.0. The van der Waals surface area contributed by atoms with E-state index >= 15 is 0 Å². The second-order valence-electron chi connectivity index (χ2n) is 18.4. The summed E-state index contributed by atoms with van der Waals surface area (Å²) in [6, 6.07) is 91.0. The van der Waals surface area contributed by atoms with Gasteiger partial charge in [0, 0.05) is 67.3 Å². The van der Waals surface area contributed by atoms with Crippen LogP contribution in [0.3, 0.4) is 0 Å². The van der Waals surface area contributed by atoms with Gasteiger partial charge in [-0.3, -0.25) is 0 Å². The van der Waals surface area contributed by atoms with Crippen LogP contribution in [0.25, 0.3) is 72.5 Å². The molecular weight excluding hydrogens is 875 g/mol. The van der Waals surface area contributed by atoms with Crippen LogP contribution in [0.1, 0.15) is 16.7 Å². The van der Waals surface area contributed by atoms with Crippen LogP contribution < -0.4 is 9.80 Å². The van der Waals surface area contributed by atoms with Gasteiger partial charge in [0.25, 0.3) is 0 Å². The van der Waals surface area contributed by atoms with Gasteiger partial charge in [0.15, 0.2) is 5.82 Å². The summed E-state index contributed by atoms with van der Waals surface area (Å²) in [5.74, 6) is 0.731. The van der Waals surface area contributed by atoms with Crippen molar-refractivity contribution in [2.75, 3.05) is 9.80 Å². The Bertz CT molecular complexity index is 3600. The highest BCUT2D eigenvalue weighted by Crippen LogP contribution is 2.43. The third kappa shape index (κ3) is 8.27. The maximum Gasteiger partial charge on any atom is 0.160 e. The van der Waals surface area contributed by atoms with Crippen molar-refractivity contribution in [3.05, 3.63) is 271 Å². The van der Waals surface area contributed by atoms with E-state index in [-0.39, 0.29) is 0 Å². The number of hydrogen-bond donors (Lipinski definition) is 0. The Labute approximate surface area is 421 Å². The Hall–Kier alpha value is -9.32. The predicted molar refractivity (Wildman–Crippen MR) is 302 cm³/mol. The van der Waals surface area contributed by atoms with E-state index in [2.05, 4.69) is 290 Å². The van der Waals surface area contributed by atoms with E-state index in [9.17, 15) is 0 Å². The van der Waals surface area contributed by atoms with Gasteiger partial charge in [-0.15, -0.1) is 0 Å². The van der Waals surface area contributed by atoms with Gasteiger partial charge < -0.3 is 14.4 Å². The molecule has 0 aliphatic rings. The molecule has 5 nitrogen and oxygen atoms in total. The first kappa shape index (κ1) is 43.9. The van der Waals surface area contributed by atoms with Crippen LogP contribution in [-0.4, -0.2) is 14.5 Å². The molecule has 72 heavy (non-hydrogen) atoms. The summed E-state index contributed by atoms with van der Waals surface area (Å²) >= 11 is 0. The molecule has 2 heterocycles. The highest BCUT2D eigenvalue weighted by Gasteiger charge is 2.21. The molecule has 10 aromatic carbocycles. The molecule has 0 saturated carbocycles. The zero-order valence-corrected chi connectivity index (χ0v) is 40.5. The number of aryl methyl sites for hydroxylation is 3. The predicted octanol–water partition coefficient (Wildman–Crippen LogP) is 18.1. The van der Waals surface area contributed by atoms with Gasteiger partial charge in [-0.2, -0.15) is 0 Å². The average molecular weight is 926 g/mol.